The Bertz CT molecular complexity index is 670. The molecule has 0 aromatic heterocycles. The van der Waals surface area contributed by atoms with Gasteiger partial charge in [0, 0.05) is 6.42 Å². The third-order valence-corrected chi connectivity index (χ3v) is 4.15. The summed E-state index contributed by atoms with van der Waals surface area (Å²) in [6.07, 6.45) is 0.460. The van der Waals surface area contributed by atoms with Crippen LogP contribution in [0.25, 0.3) is 0 Å². The fourth-order valence-electron chi connectivity index (χ4n) is 2.68. The summed E-state index contributed by atoms with van der Waals surface area (Å²) in [7, 11) is 3.21. The average Bonchev–Trinajstić information content (AvgIpc) is 2.61. The van der Waals surface area contributed by atoms with Crippen LogP contribution in [0, 0.1) is 0 Å². The number of hydrogen-bond acceptors (Lipinski definition) is 3. The van der Waals surface area contributed by atoms with Gasteiger partial charge in [-0.25, -0.2) is 0 Å². The maximum Gasteiger partial charge on any atom is 0.221 e. The maximum absolute atomic E-state index is 12.3. The molecule has 0 heterocycles. The minimum atomic E-state index is -0.0970. The van der Waals surface area contributed by atoms with E-state index in [-0.39, 0.29) is 17.9 Å². The maximum atomic E-state index is 12.3. The van der Waals surface area contributed by atoms with Crippen LogP contribution in [-0.2, 0) is 4.79 Å². The molecule has 0 aliphatic rings. The van der Waals surface area contributed by atoms with Gasteiger partial charge in [-0.1, -0.05) is 43.3 Å². The quantitative estimate of drug-likeness (QED) is 0.834. The highest BCUT2D eigenvalue weighted by atomic mass is 16.5. The van der Waals surface area contributed by atoms with Gasteiger partial charge in [-0.3, -0.25) is 4.79 Å². The Morgan fingerprint density at radius 3 is 2.25 bits per heavy atom. The van der Waals surface area contributed by atoms with Crippen molar-refractivity contribution in [3.8, 4) is 11.5 Å². The van der Waals surface area contributed by atoms with Crippen molar-refractivity contribution in [2.45, 2.75) is 32.2 Å². The molecule has 0 bridgehead atoms. The lowest BCUT2D eigenvalue weighted by molar-refractivity contribution is -0.122. The van der Waals surface area contributed by atoms with E-state index in [1.54, 1.807) is 14.2 Å². The van der Waals surface area contributed by atoms with Crippen LogP contribution in [0.4, 0.5) is 0 Å². The first-order chi connectivity index (χ1) is 11.5. The van der Waals surface area contributed by atoms with E-state index in [9.17, 15) is 4.79 Å². The summed E-state index contributed by atoms with van der Waals surface area (Å²) < 4.78 is 10.6. The topological polar surface area (TPSA) is 47.6 Å². The third-order valence-electron chi connectivity index (χ3n) is 4.15. The minimum Gasteiger partial charge on any atom is -0.493 e. The summed E-state index contributed by atoms with van der Waals surface area (Å²) in [4.78, 5) is 12.3. The number of ether oxygens (including phenoxy) is 2. The Morgan fingerprint density at radius 1 is 0.958 bits per heavy atom. The molecule has 0 aliphatic carbocycles. The number of amides is 1. The van der Waals surface area contributed by atoms with Crippen molar-refractivity contribution in [1.29, 1.82) is 0 Å². The van der Waals surface area contributed by atoms with Crippen LogP contribution in [0.1, 0.15) is 43.4 Å². The zero-order valence-corrected chi connectivity index (χ0v) is 14.7. The standard InChI is InChI=1S/C20H25NO3/c1-14(16-8-6-5-7-9-16)12-20(22)21-15(2)17-10-11-18(23-3)19(13-17)24-4/h5-11,13-15H,12H2,1-4H3,(H,21,22)/t14-,15+/m1/s1. The van der Waals surface area contributed by atoms with E-state index in [0.29, 0.717) is 17.9 Å². The molecule has 0 spiro atoms. The van der Waals surface area contributed by atoms with Crippen molar-refractivity contribution in [2.75, 3.05) is 14.2 Å². The Hall–Kier alpha value is -2.49. The van der Waals surface area contributed by atoms with Crippen LogP contribution in [0.5, 0.6) is 11.5 Å². The van der Waals surface area contributed by atoms with Gasteiger partial charge >= 0.3 is 0 Å². The van der Waals surface area contributed by atoms with Gasteiger partial charge in [0.05, 0.1) is 20.3 Å². The third kappa shape index (κ3) is 4.51. The molecule has 1 amide bonds. The molecule has 0 unspecified atom stereocenters. The molecule has 0 saturated heterocycles. The van der Waals surface area contributed by atoms with Gasteiger partial charge in [0.15, 0.2) is 11.5 Å². The first-order valence-corrected chi connectivity index (χ1v) is 8.11. The van der Waals surface area contributed by atoms with Gasteiger partial charge in [0.2, 0.25) is 5.91 Å². The highest BCUT2D eigenvalue weighted by Gasteiger charge is 2.15. The van der Waals surface area contributed by atoms with Crippen molar-refractivity contribution in [2.24, 2.45) is 0 Å². The second-order valence-electron chi connectivity index (χ2n) is 5.92. The molecule has 4 nitrogen and oxygen atoms in total. The van der Waals surface area contributed by atoms with Crippen LogP contribution in [0.2, 0.25) is 0 Å². The van der Waals surface area contributed by atoms with Crippen molar-refractivity contribution in [3.63, 3.8) is 0 Å². The minimum absolute atomic E-state index is 0.0358. The second kappa shape index (κ2) is 8.39. The fourth-order valence-corrected chi connectivity index (χ4v) is 2.68. The molecule has 2 atom stereocenters. The fraction of sp³-hybridized carbons (Fsp3) is 0.350. The SMILES string of the molecule is COc1ccc([C@H](C)NC(=O)C[C@@H](C)c2ccccc2)cc1OC. The van der Waals surface area contributed by atoms with Gasteiger partial charge in [-0.05, 0) is 36.1 Å². The van der Waals surface area contributed by atoms with Gasteiger partial charge in [-0.15, -0.1) is 0 Å². The first kappa shape index (κ1) is 17.9. The second-order valence-corrected chi connectivity index (χ2v) is 5.92. The molecule has 0 saturated carbocycles. The predicted octanol–water partition coefficient (Wildman–Crippen LogP) is 4.07. The van der Waals surface area contributed by atoms with Gasteiger partial charge in [0.25, 0.3) is 0 Å². The van der Waals surface area contributed by atoms with Gasteiger partial charge in [-0.2, -0.15) is 0 Å². The lowest BCUT2D eigenvalue weighted by Gasteiger charge is -2.18. The molecule has 0 radical (unpaired) electrons. The highest BCUT2D eigenvalue weighted by Crippen LogP contribution is 2.30. The van der Waals surface area contributed by atoms with E-state index in [4.69, 9.17) is 9.47 Å². The summed E-state index contributed by atoms with van der Waals surface area (Å²) >= 11 is 0. The summed E-state index contributed by atoms with van der Waals surface area (Å²) in [5, 5.41) is 3.05. The Kier molecular flexibility index (Phi) is 6.24. The average molecular weight is 327 g/mol. The lowest BCUT2D eigenvalue weighted by Crippen LogP contribution is -2.27. The zero-order valence-electron chi connectivity index (χ0n) is 14.7. The van der Waals surface area contributed by atoms with E-state index >= 15 is 0 Å². The number of rotatable bonds is 7. The number of benzene rings is 2. The molecule has 128 valence electrons. The number of carbonyl (C=O) groups is 1. The molecule has 2 aromatic carbocycles. The molecule has 24 heavy (non-hydrogen) atoms. The molecular weight excluding hydrogens is 302 g/mol. The van der Waals surface area contributed by atoms with E-state index in [0.717, 1.165) is 5.56 Å². The van der Waals surface area contributed by atoms with E-state index in [1.165, 1.54) is 5.56 Å². The number of carbonyl (C=O) groups excluding carboxylic acids is 1. The normalized spacial score (nSPS) is 13.0. The van der Waals surface area contributed by atoms with E-state index in [1.807, 2.05) is 43.3 Å². The van der Waals surface area contributed by atoms with Crippen molar-refractivity contribution in [3.05, 3.63) is 59.7 Å². The Labute approximate surface area is 143 Å². The molecule has 0 fully saturated rings. The van der Waals surface area contributed by atoms with Crippen LogP contribution >= 0.6 is 0 Å². The first-order valence-electron chi connectivity index (χ1n) is 8.11. The Morgan fingerprint density at radius 2 is 1.62 bits per heavy atom. The molecule has 4 heteroatoms. The molecule has 2 rings (SSSR count). The van der Waals surface area contributed by atoms with E-state index in [2.05, 4.69) is 24.4 Å². The van der Waals surface area contributed by atoms with Crippen molar-refractivity contribution < 1.29 is 14.3 Å². The van der Waals surface area contributed by atoms with Crippen molar-refractivity contribution in [1.82, 2.24) is 5.32 Å². The predicted molar refractivity (Wildman–Crippen MR) is 95.6 cm³/mol. The number of nitrogens with one attached hydrogen (secondary N) is 1. The van der Waals surface area contributed by atoms with Crippen LogP contribution in [0.3, 0.4) is 0 Å². The zero-order chi connectivity index (χ0) is 17.5. The molecule has 2 aromatic rings. The molecule has 1 N–H and O–H groups in total. The van der Waals surface area contributed by atoms with Crippen LogP contribution in [0.15, 0.2) is 48.5 Å². The summed E-state index contributed by atoms with van der Waals surface area (Å²) in [5.74, 6) is 1.56. The lowest BCUT2D eigenvalue weighted by atomic mass is 9.97. The molecule has 0 aliphatic heterocycles. The van der Waals surface area contributed by atoms with Gasteiger partial charge in [0.1, 0.15) is 0 Å². The highest BCUT2D eigenvalue weighted by molar-refractivity contribution is 5.77. The van der Waals surface area contributed by atoms with E-state index < -0.39 is 0 Å². The van der Waals surface area contributed by atoms with Crippen molar-refractivity contribution >= 4 is 5.91 Å². The monoisotopic (exact) mass is 327 g/mol. The Balaban J connectivity index is 1.98. The van der Waals surface area contributed by atoms with Crippen LogP contribution in [-0.4, -0.2) is 20.1 Å². The molecular formula is C20H25NO3. The smallest absolute Gasteiger partial charge is 0.221 e. The number of hydrogen-bond donors (Lipinski definition) is 1. The summed E-state index contributed by atoms with van der Waals surface area (Å²) in [6.45, 7) is 4.03. The summed E-state index contributed by atoms with van der Waals surface area (Å²) in [5.41, 5.74) is 2.15. The largest absolute Gasteiger partial charge is 0.493 e. The van der Waals surface area contributed by atoms with Crippen LogP contribution < -0.4 is 14.8 Å². The van der Waals surface area contributed by atoms with Gasteiger partial charge < -0.3 is 14.8 Å². The summed E-state index contributed by atoms with van der Waals surface area (Å²) in [6, 6.07) is 15.7. The number of methoxy groups -OCH3 is 2.